The second-order valence-corrected chi connectivity index (χ2v) is 2.30. The topological polar surface area (TPSA) is 49.4 Å². The van der Waals surface area contributed by atoms with Gasteiger partial charge in [-0.3, -0.25) is 0 Å². The van der Waals surface area contributed by atoms with Crippen LogP contribution in [0.2, 0.25) is 0 Å². The number of rotatable bonds is 1. The van der Waals surface area contributed by atoms with Crippen LogP contribution in [-0.2, 0) is 10.1 Å². The maximum atomic E-state index is 9.86. The third kappa shape index (κ3) is 1.44. The molecule has 0 bridgehead atoms. The molecule has 1 aliphatic rings. The maximum absolute atomic E-state index is 9.86. The van der Waals surface area contributed by atoms with E-state index in [1.54, 1.807) is 13.0 Å². The lowest BCUT2D eigenvalue weighted by Gasteiger charge is -2.13. The lowest BCUT2D eigenvalue weighted by atomic mass is 10.0. The first-order valence-electron chi connectivity index (χ1n) is 3.07. The van der Waals surface area contributed by atoms with Gasteiger partial charge in [-0.05, 0) is 29.9 Å². The molecule has 0 aromatic carbocycles. The van der Waals surface area contributed by atoms with E-state index in [1.807, 2.05) is 0 Å². The van der Waals surface area contributed by atoms with Crippen LogP contribution in [0.4, 0.5) is 0 Å². The van der Waals surface area contributed by atoms with Crippen molar-refractivity contribution in [2.24, 2.45) is 0 Å². The molecular weight excluding hydrogens is 132 g/mol. The number of aliphatic hydroxyl groups excluding tert-OH is 1. The van der Waals surface area contributed by atoms with E-state index in [1.165, 1.54) is 12.2 Å². The number of aliphatic hydroxyl groups is 1. The van der Waals surface area contributed by atoms with Crippen LogP contribution in [0.25, 0.3) is 0 Å². The molecule has 0 saturated carbocycles. The lowest BCUT2D eigenvalue weighted by Crippen LogP contribution is -2.15. The molecule has 0 fully saturated rings. The van der Waals surface area contributed by atoms with Crippen molar-refractivity contribution in [3.8, 4) is 0 Å². The molecule has 0 aliphatic heterocycles. The third-order valence-electron chi connectivity index (χ3n) is 1.49. The van der Waals surface area contributed by atoms with Crippen LogP contribution in [0.5, 0.6) is 0 Å². The Morgan fingerprint density at radius 1 is 1.60 bits per heavy atom. The van der Waals surface area contributed by atoms with E-state index in [4.69, 9.17) is 5.11 Å². The zero-order chi connectivity index (χ0) is 7.56. The Morgan fingerprint density at radius 2 is 2.30 bits per heavy atom. The van der Waals surface area contributed by atoms with Crippen LogP contribution in [0.15, 0.2) is 23.8 Å². The van der Waals surface area contributed by atoms with Gasteiger partial charge >= 0.3 is 0 Å². The van der Waals surface area contributed by atoms with Crippen molar-refractivity contribution in [2.45, 2.75) is 19.1 Å². The molecule has 0 amide bonds. The summed E-state index contributed by atoms with van der Waals surface area (Å²) in [7, 11) is 0. The molecule has 1 N–H and O–H groups in total. The molecule has 10 heavy (non-hydrogen) atoms. The molecule has 0 unspecified atom stereocenters. The molecule has 0 spiro atoms. The Bertz CT molecular complexity index is 172. The molecule has 55 valence electrons. The van der Waals surface area contributed by atoms with Gasteiger partial charge < -0.3 is 5.11 Å². The summed E-state index contributed by atoms with van der Waals surface area (Å²) in [6.45, 7) is 1.75. The Hall–Kier alpha value is -0.640. The molecule has 3 nitrogen and oxygen atoms in total. The summed E-state index contributed by atoms with van der Waals surface area (Å²) >= 11 is 0. The van der Waals surface area contributed by atoms with E-state index in [-0.39, 0.29) is 0 Å². The van der Waals surface area contributed by atoms with E-state index in [0.29, 0.717) is 0 Å². The summed E-state index contributed by atoms with van der Waals surface area (Å²) < 4.78 is 0. The Balaban J connectivity index is 2.64. The summed E-state index contributed by atoms with van der Waals surface area (Å²) in [6, 6.07) is 0. The van der Waals surface area contributed by atoms with E-state index in [2.05, 4.69) is 4.89 Å². The minimum Gasteiger partial charge on any atom is -0.385 e. The molecule has 0 aromatic rings. The van der Waals surface area contributed by atoms with Crippen molar-refractivity contribution in [1.82, 2.24) is 0 Å². The Kier molecular flexibility index (Phi) is 2.21. The second-order valence-electron chi connectivity index (χ2n) is 2.30. The van der Waals surface area contributed by atoms with Gasteiger partial charge in [0.25, 0.3) is 0 Å². The molecule has 0 saturated heterocycles. The van der Waals surface area contributed by atoms with Crippen molar-refractivity contribution in [3.63, 3.8) is 0 Å². The van der Waals surface area contributed by atoms with Gasteiger partial charge in [-0.25, -0.2) is 0 Å². The van der Waals surface area contributed by atoms with E-state index in [9.17, 15) is 5.26 Å². The highest BCUT2D eigenvalue weighted by molar-refractivity contribution is 5.23. The second kappa shape index (κ2) is 2.96. The Labute approximate surface area is 59.2 Å². The highest BCUT2D eigenvalue weighted by Gasteiger charge is 2.12. The van der Waals surface area contributed by atoms with Crippen molar-refractivity contribution in [1.29, 1.82) is 0 Å². The van der Waals surface area contributed by atoms with Crippen LogP contribution in [-0.4, -0.2) is 17.3 Å². The van der Waals surface area contributed by atoms with E-state index in [0.717, 1.165) is 5.57 Å². The molecule has 1 radical (unpaired) electrons. The van der Waals surface area contributed by atoms with Gasteiger partial charge in [-0.1, -0.05) is 6.08 Å². The molecular formula is C7H9O3. The van der Waals surface area contributed by atoms with Crippen molar-refractivity contribution < 1.29 is 15.3 Å². The summed E-state index contributed by atoms with van der Waals surface area (Å²) in [6.07, 6.45) is 3.61. The average molecular weight is 141 g/mol. The highest BCUT2D eigenvalue weighted by Crippen LogP contribution is 2.12. The zero-order valence-corrected chi connectivity index (χ0v) is 5.65. The predicted molar refractivity (Wildman–Crippen MR) is 34.5 cm³/mol. The van der Waals surface area contributed by atoms with Crippen molar-refractivity contribution in [3.05, 3.63) is 23.8 Å². The minimum atomic E-state index is -0.550. The summed E-state index contributed by atoms with van der Waals surface area (Å²) in [4.78, 5) is 3.79. The SMILES string of the molecule is CC1=C[C@H](O[O])C=C[C@@H]1O. The number of hydrogen-bond donors (Lipinski definition) is 1. The van der Waals surface area contributed by atoms with Crippen LogP contribution >= 0.6 is 0 Å². The molecule has 0 aromatic heterocycles. The molecule has 3 heteroatoms. The smallest absolute Gasteiger partial charge is 0.133 e. The van der Waals surface area contributed by atoms with Gasteiger partial charge in [0.05, 0.1) is 6.10 Å². The average Bonchev–Trinajstić information content (AvgIpc) is 1.95. The first kappa shape index (κ1) is 7.47. The van der Waals surface area contributed by atoms with E-state index >= 15 is 0 Å². The van der Waals surface area contributed by atoms with Crippen molar-refractivity contribution >= 4 is 0 Å². The van der Waals surface area contributed by atoms with Gasteiger partial charge in [-0.15, -0.1) is 0 Å². The maximum Gasteiger partial charge on any atom is 0.133 e. The first-order chi connectivity index (χ1) is 4.74. The van der Waals surface area contributed by atoms with Gasteiger partial charge in [0.1, 0.15) is 6.10 Å². The van der Waals surface area contributed by atoms with Gasteiger partial charge in [0, 0.05) is 0 Å². The fourth-order valence-corrected chi connectivity index (χ4v) is 0.840. The summed E-state index contributed by atoms with van der Waals surface area (Å²) in [5.41, 5.74) is 0.753. The Morgan fingerprint density at radius 3 is 2.80 bits per heavy atom. The fourth-order valence-electron chi connectivity index (χ4n) is 0.840. The first-order valence-corrected chi connectivity index (χ1v) is 3.07. The largest absolute Gasteiger partial charge is 0.385 e. The predicted octanol–water partition coefficient (Wildman–Crippen LogP) is 0.594. The summed E-state index contributed by atoms with van der Waals surface area (Å²) in [5.74, 6) is 0. The normalized spacial score (nSPS) is 32.1. The number of hydrogen-bond acceptors (Lipinski definition) is 2. The molecule has 0 heterocycles. The summed E-state index contributed by atoms with van der Waals surface area (Å²) in [5, 5.41) is 18.9. The van der Waals surface area contributed by atoms with Crippen LogP contribution in [0.1, 0.15) is 6.92 Å². The quantitative estimate of drug-likeness (QED) is 0.330. The lowest BCUT2D eigenvalue weighted by molar-refractivity contribution is -0.314. The van der Waals surface area contributed by atoms with Crippen LogP contribution in [0.3, 0.4) is 0 Å². The van der Waals surface area contributed by atoms with Crippen LogP contribution < -0.4 is 0 Å². The highest BCUT2D eigenvalue weighted by atomic mass is 17.1. The zero-order valence-electron chi connectivity index (χ0n) is 5.65. The molecule has 2 atom stereocenters. The third-order valence-corrected chi connectivity index (χ3v) is 1.49. The van der Waals surface area contributed by atoms with Gasteiger partial charge in [0.15, 0.2) is 0 Å². The standard InChI is InChI=1S/C7H9O3/c1-5-4-6(10-9)2-3-7(5)8/h2-4,6-8H,1H3/t6-,7+/m1/s1. The van der Waals surface area contributed by atoms with Crippen LogP contribution in [0, 0.1) is 0 Å². The monoisotopic (exact) mass is 141 g/mol. The van der Waals surface area contributed by atoms with E-state index < -0.39 is 12.2 Å². The fraction of sp³-hybridized carbons (Fsp3) is 0.429. The van der Waals surface area contributed by atoms with Crippen molar-refractivity contribution in [2.75, 3.05) is 0 Å². The minimum absolute atomic E-state index is 0.511. The van der Waals surface area contributed by atoms with Gasteiger partial charge in [-0.2, -0.15) is 4.89 Å². The molecule has 1 rings (SSSR count). The van der Waals surface area contributed by atoms with Gasteiger partial charge in [0.2, 0.25) is 0 Å². The molecule has 1 aliphatic carbocycles.